The number of furan rings is 1. The number of ether oxygens (including phenoxy) is 1. The van der Waals surface area contributed by atoms with Crippen molar-refractivity contribution in [1.82, 2.24) is 4.90 Å². The summed E-state index contributed by atoms with van der Waals surface area (Å²) in [7, 11) is 0. The molecule has 0 spiro atoms. The van der Waals surface area contributed by atoms with Crippen LogP contribution in [0.15, 0.2) is 79.6 Å². The molecule has 2 aromatic carbocycles. The van der Waals surface area contributed by atoms with Gasteiger partial charge in [-0.2, -0.15) is 0 Å². The van der Waals surface area contributed by atoms with E-state index < -0.39 is 0 Å². The molecule has 6 nitrogen and oxygen atoms in total. The third-order valence-electron chi connectivity index (χ3n) is 4.42. The first-order valence-electron chi connectivity index (χ1n) is 9.58. The Morgan fingerprint density at radius 3 is 2.74 bits per heavy atom. The zero-order valence-electron chi connectivity index (χ0n) is 16.6. The standard InChI is InChI=1S/C23H19BrN2O4S/c1-2-29-19-13-16(24)11-15(21(19)27)12-20-22(28)26(14-18-9-6-10-30-18)23(31-20)25-17-7-4-3-5-8-17/h3-13,27H,2,14H2,1H3/b20-12-,25-23?. The van der Waals surface area contributed by atoms with E-state index in [-0.39, 0.29) is 18.2 Å². The van der Waals surface area contributed by atoms with Gasteiger partial charge in [-0.15, -0.1) is 0 Å². The van der Waals surface area contributed by atoms with Gasteiger partial charge in [-0.05, 0) is 61.2 Å². The molecule has 0 unspecified atom stereocenters. The van der Waals surface area contributed by atoms with E-state index in [1.54, 1.807) is 35.4 Å². The van der Waals surface area contributed by atoms with Crippen molar-refractivity contribution in [3.8, 4) is 11.5 Å². The molecule has 0 bridgehead atoms. The molecule has 1 aliphatic heterocycles. The van der Waals surface area contributed by atoms with E-state index in [0.29, 0.717) is 33.8 Å². The maximum Gasteiger partial charge on any atom is 0.267 e. The van der Waals surface area contributed by atoms with Crippen LogP contribution in [0.4, 0.5) is 5.69 Å². The number of carbonyl (C=O) groups is 1. The quantitative estimate of drug-likeness (QED) is 0.425. The van der Waals surface area contributed by atoms with Gasteiger partial charge in [0, 0.05) is 10.0 Å². The summed E-state index contributed by atoms with van der Waals surface area (Å²) >= 11 is 4.68. The van der Waals surface area contributed by atoms with Crippen LogP contribution in [0.5, 0.6) is 11.5 Å². The van der Waals surface area contributed by atoms with Crippen LogP contribution in [-0.2, 0) is 11.3 Å². The number of hydrogen-bond donors (Lipinski definition) is 1. The van der Waals surface area contributed by atoms with Gasteiger partial charge in [-0.1, -0.05) is 34.1 Å². The second-order valence-corrected chi connectivity index (χ2v) is 8.51. The lowest BCUT2D eigenvalue weighted by Crippen LogP contribution is -2.28. The minimum absolute atomic E-state index is 0.0167. The molecule has 1 saturated heterocycles. The number of halogens is 1. The predicted octanol–water partition coefficient (Wildman–Crippen LogP) is 5.95. The first-order chi connectivity index (χ1) is 15.0. The normalized spacial score (nSPS) is 16.5. The average molecular weight is 499 g/mol. The summed E-state index contributed by atoms with van der Waals surface area (Å²) in [5, 5.41) is 11.1. The zero-order valence-corrected chi connectivity index (χ0v) is 19.0. The lowest BCUT2D eigenvalue weighted by Gasteiger charge is -2.13. The molecule has 31 heavy (non-hydrogen) atoms. The van der Waals surface area contributed by atoms with Crippen molar-refractivity contribution in [3.05, 3.63) is 81.6 Å². The number of phenolic OH excluding ortho intramolecular Hbond substituents is 1. The SMILES string of the molecule is CCOc1cc(Br)cc(/C=C2\SC(=Nc3ccccc3)N(Cc3ccco3)C2=O)c1O. The first kappa shape index (κ1) is 21.3. The first-order valence-corrected chi connectivity index (χ1v) is 11.2. The third-order valence-corrected chi connectivity index (χ3v) is 5.88. The monoisotopic (exact) mass is 498 g/mol. The minimum atomic E-state index is -0.214. The van der Waals surface area contributed by atoms with Gasteiger partial charge in [0.1, 0.15) is 5.76 Å². The van der Waals surface area contributed by atoms with E-state index in [9.17, 15) is 9.90 Å². The molecule has 4 rings (SSSR count). The summed E-state index contributed by atoms with van der Waals surface area (Å²) in [4.78, 5) is 19.9. The minimum Gasteiger partial charge on any atom is -0.504 e. The number of thioether (sulfide) groups is 1. The smallest absolute Gasteiger partial charge is 0.267 e. The molecule has 1 aliphatic rings. The molecular formula is C23H19BrN2O4S. The Morgan fingerprint density at radius 1 is 1.23 bits per heavy atom. The highest BCUT2D eigenvalue weighted by molar-refractivity contribution is 9.10. The van der Waals surface area contributed by atoms with E-state index in [2.05, 4.69) is 20.9 Å². The zero-order chi connectivity index (χ0) is 21.8. The summed E-state index contributed by atoms with van der Waals surface area (Å²) in [6, 6.07) is 16.5. The Kier molecular flexibility index (Phi) is 6.48. The largest absolute Gasteiger partial charge is 0.504 e. The van der Waals surface area contributed by atoms with Gasteiger partial charge >= 0.3 is 0 Å². The molecule has 2 heterocycles. The highest BCUT2D eigenvalue weighted by Gasteiger charge is 2.34. The number of hydrogen-bond acceptors (Lipinski definition) is 6. The molecule has 1 amide bonds. The van der Waals surface area contributed by atoms with Crippen LogP contribution >= 0.6 is 27.7 Å². The number of carbonyl (C=O) groups excluding carboxylic acids is 1. The molecular weight excluding hydrogens is 480 g/mol. The lowest BCUT2D eigenvalue weighted by molar-refractivity contribution is -0.122. The average Bonchev–Trinajstić information content (AvgIpc) is 3.37. The van der Waals surface area contributed by atoms with Gasteiger partial charge in [0.15, 0.2) is 16.7 Å². The van der Waals surface area contributed by atoms with Crippen molar-refractivity contribution in [2.75, 3.05) is 6.61 Å². The summed E-state index contributed by atoms with van der Waals surface area (Å²) in [5.41, 5.74) is 1.22. The fourth-order valence-corrected chi connectivity index (χ4v) is 4.46. The van der Waals surface area contributed by atoms with Crippen LogP contribution in [0.3, 0.4) is 0 Å². The second kappa shape index (κ2) is 9.45. The van der Waals surface area contributed by atoms with Crippen molar-refractivity contribution < 1.29 is 19.1 Å². The van der Waals surface area contributed by atoms with E-state index in [1.165, 1.54) is 11.8 Å². The summed E-state index contributed by atoms with van der Waals surface area (Å²) in [6.07, 6.45) is 3.22. The number of para-hydroxylation sites is 1. The molecule has 0 saturated carbocycles. The maximum absolute atomic E-state index is 13.2. The second-order valence-electron chi connectivity index (χ2n) is 6.59. The van der Waals surface area contributed by atoms with Crippen molar-refractivity contribution >= 4 is 50.5 Å². The molecule has 3 aromatic rings. The maximum atomic E-state index is 13.2. The van der Waals surface area contributed by atoms with Crippen molar-refractivity contribution in [3.63, 3.8) is 0 Å². The van der Waals surface area contributed by atoms with Crippen LogP contribution in [0.25, 0.3) is 6.08 Å². The number of benzene rings is 2. The summed E-state index contributed by atoms with van der Waals surface area (Å²) in [5.74, 6) is 0.773. The number of phenols is 1. The third kappa shape index (κ3) is 4.86. The number of nitrogens with zero attached hydrogens (tertiary/aromatic N) is 2. The number of aromatic hydroxyl groups is 1. The Morgan fingerprint density at radius 2 is 2.03 bits per heavy atom. The topological polar surface area (TPSA) is 75.3 Å². The molecule has 8 heteroatoms. The molecule has 0 aliphatic carbocycles. The van der Waals surface area contributed by atoms with Crippen LogP contribution in [0.2, 0.25) is 0 Å². The molecule has 0 radical (unpaired) electrons. The van der Waals surface area contributed by atoms with E-state index in [1.807, 2.05) is 43.3 Å². The van der Waals surface area contributed by atoms with E-state index in [0.717, 1.165) is 10.2 Å². The summed E-state index contributed by atoms with van der Waals surface area (Å²) in [6.45, 7) is 2.52. The fraction of sp³-hybridized carbons (Fsp3) is 0.130. The summed E-state index contributed by atoms with van der Waals surface area (Å²) < 4.78 is 11.7. The predicted molar refractivity (Wildman–Crippen MR) is 125 cm³/mol. The Bertz CT molecular complexity index is 1140. The number of amidine groups is 1. The Balaban J connectivity index is 1.72. The van der Waals surface area contributed by atoms with Gasteiger partial charge < -0.3 is 14.3 Å². The van der Waals surface area contributed by atoms with Crippen LogP contribution in [0, 0.1) is 0 Å². The van der Waals surface area contributed by atoms with Crippen LogP contribution in [0.1, 0.15) is 18.2 Å². The Labute approximate surface area is 192 Å². The Hall–Kier alpha value is -2.97. The number of rotatable bonds is 6. The van der Waals surface area contributed by atoms with E-state index in [4.69, 9.17) is 9.15 Å². The lowest BCUT2D eigenvalue weighted by atomic mass is 10.1. The van der Waals surface area contributed by atoms with Gasteiger partial charge in [-0.25, -0.2) is 4.99 Å². The van der Waals surface area contributed by atoms with E-state index >= 15 is 0 Å². The molecule has 1 fully saturated rings. The fourth-order valence-electron chi connectivity index (χ4n) is 3.01. The number of amides is 1. The molecule has 0 atom stereocenters. The van der Waals surface area contributed by atoms with Crippen molar-refractivity contribution in [1.29, 1.82) is 0 Å². The molecule has 1 aromatic heterocycles. The van der Waals surface area contributed by atoms with Gasteiger partial charge in [-0.3, -0.25) is 9.69 Å². The van der Waals surface area contributed by atoms with Crippen LogP contribution < -0.4 is 4.74 Å². The van der Waals surface area contributed by atoms with Gasteiger partial charge in [0.05, 0.1) is 30.0 Å². The molecule has 158 valence electrons. The molecule has 1 N–H and O–H groups in total. The highest BCUT2D eigenvalue weighted by atomic mass is 79.9. The van der Waals surface area contributed by atoms with Crippen LogP contribution in [-0.4, -0.2) is 27.7 Å². The highest BCUT2D eigenvalue weighted by Crippen LogP contribution is 2.39. The van der Waals surface area contributed by atoms with Gasteiger partial charge in [0.2, 0.25) is 0 Å². The van der Waals surface area contributed by atoms with Crippen molar-refractivity contribution in [2.45, 2.75) is 13.5 Å². The van der Waals surface area contributed by atoms with Gasteiger partial charge in [0.25, 0.3) is 5.91 Å². The number of aliphatic imine (C=N–C) groups is 1. The van der Waals surface area contributed by atoms with Crippen molar-refractivity contribution in [2.24, 2.45) is 4.99 Å².